The predicted octanol–water partition coefficient (Wildman–Crippen LogP) is 1.09. The fraction of sp³-hybridized carbons (Fsp3) is 0.167. The van der Waals surface area contributed by atoms with Crippen LogP contribution in [0.3, 0.4) is 0 Å². The lowest BCUT2D eigenvalue weighted by Crippen LogP contribution is -2.21. The standard InChI is InChI=1S/C12H12N6O4S/c1-22-11(19)6-23-10-3-2-7(4-9(10)18(20)21)16-17-8(5-13)12(14)15/h2-4,16H,6H2,1H3,(H3,14,15)/b17-8+. The van der Waals surface area contributed by atoms with Crippen LogP contribution >= 0.6 is 11.8 Å². The molecule has 11 heteroatoms. The number of nitriles is 1. The summed E-state index contributed by atoms with van der Waals surface area (Å²) in [5.74, 6) is -1.10. The van der Waals surface area contributed by atoms with Gasteiger partial charge in [-0.1, -0.05) is 0 Å². The largest absolute Gasteiger partial charge is 0.468 e. The van der Waals surface area contributed by atoms with Gasteiger partial charge >= 0.3 is 5.97 Å². The first-order valence-corrected chi connectivity index (χ1v) is 6.93. The Labute approximate surface area is 135 Å². The van der Waals surface area contributed by atoms with Gasteiger partial charge in [-0.25, -0.2) is 0 Å². The summed E-state index contributed by atoms with van der Waals surface area (Å²) < 4.78 is 4.47. The third-order valence-electron chi connectivity index (χ3n) is 2.39. The molecule has 0 bridgehead atoms. The highest BCUT2D eigenvalue weighted by Gasteiger charge is 2.16. The predicted molar refractivity (Wildman–Crippen MR) is 84.4 cm³/mol. The fourth-order valence-electron chi connectivity index (χ4n) is 1.31. The molecule has 0 aliphatic rings. The normalized spacial score (nSPS) is 10.5. The number of nitrogens with one attached hydrogen (secondary N) is 2. The number of anilines is 1. The van der Waals surface area contributed by atoms with Gasteiger partial charge in [-0.05, 0) is 12.1 Å². The Bertz CT molecular complexity index is 712. The molecule has 0 unspecified atom stereocenters. The second-order valence-corrected chi connectivity index (χ2v) is 4.92. The SMILES string of the molecule is COC(=O)CSc1ccc(N/N=C(\C#N)C(=N)N)cc1[N+](=O)[O-]. The van der Waals surface area contributed by atoms with Crippen LogP contribution in [-0.4, -0.2) is 35.3 Å². The van der Waals surface area contributed by atoms with Crippen LogP contribution in [0, 0.1) is 26.9 Å². The van der Waals surface area contributed by atoms with E-state index in [0.717, 1.165) is 11.8 Å². The summed E-state index contributed by atoms with van der Waals surface area (Å²) in [4.78, 5) is 21.9. The lowest BCUT2D eigenvalue weighted by Gasteiger charge is -2.05. The number of esters is 1. The summed E-state index contributed by atoms with van der Waals surface area (Å²) in [6.45, 7) is 0. The average Bonchev–Trinajstić information content (AvgIpc) is 2.53. The Morgan fingerprint density at radius 2 is 2.35 bits per heavy atom. The van der Waals surface area contributed by atoms with Crippen molar-refractivity contribution in [2.75, 3.05) is 18.3 Å². The first-order chi connectivity index (χ1) is 10.9. The van der Waals surface area contributed by atoms with E-state index in [1.807, 2.05) is 0 Å². The summed E-state index contributed by atoms with van der Waals surface area (Å²) in [6, 6.07) is 5.71. The number of nitro groups is 1. The topological polar surface area (TPSA) is 167 Å². The zero-order valence-electron chi connectivity index (χ0n) is 11.9. The number of ether oxygens (including phenoxy) is 1. The number of hydrogen-bond acceptors (Lipinski definition) is 9. The highest BCUT2D eigenvalue weighted by atomic mass is 32.2. The molecular formula is C12H12N6O4S. The number of benzene rings is 1. The summed E-state index contributed by atoms with van der Waals surface area (Å²) in [6.07, 6.45) is 0. The average molecular weight is 336 g/mol. The second-order valence-electron chi connectivity index (χ2n) is 3.90. The van der Waals surface area contributed by atoms with E-state index in [0.29, 0.717) is 0 Å². The van der Waals surface area contributed by atoms with Gasteiger partial charge < -0.3 is 10.5 Å². The van der Waals surface area contributed by atoms with Crippen molar-refractivity contribution in [3.8, 4) is 6.07 Å². The first kappa shape index (κ1) is 17.9. The number of amidine groups is 1. The number of carbonyl (C=O) groups excluding carboxylic acids is 1. The summed E-state index contributed by atoms with van der Waals surface area (Å²) in [5.41, 5.74) is 7.19. The van der Waals surface area contributed by atoms with Crippen molar-refractivity contribution >= 4 is 40.7 Å². The van der Waals surface area contributed by atoms with Crippen molar-refractivity contribution in [1.82, 2.24) is 0 Å². The van der Waals surface area contributed by atoms with Gasteiger partial charge in [-0.15, -0.1) is 11.8 Å². The number of hydrogen-bond donors (Lipinski definition) is 3. The highest BCUT2D eigenvalue weighted by Crippen LogP contribution is 2.31. The monoisotopic (exact) mass is 336 g/mol. The van der Waals surface area contributed by atoms with E-state index in [1.165, 1.54) is 25.3 Å². The number of methoxy groups -OCH3 is 1. The van der Waals surface area contributed by atoms with Crippen LogP contribution in [-0.2, 0) is 9.53 Å². The van der Waals surface area contributed by atoms with Crippen LogP contribution < -0.4 is 11.2 Å². The maximum Gasteiger partial charge on any atom is 0.315 e. The molecule has 120 valence electrons. The third-order valence-corrected chi connectivity index (χ3v) is 3.42. The minimum Gasteiger partial charge on any atom is -0.468 e. The second kappa shape index (κ2) is 8.35. The van der Waals surface area contributed by atoms with Crippen LogP contribution in [0.5, 0.6) is 0 Å². The van der Waals surface area contributed by atoms with E-state index in [1.54, 1.807) is 6.07 Å². The highest BCUT2D eigenvalue weighted by molar-refractivity contribution is 8.00. The van der Waals surface area contributed by atoms with E-state index >= 15 is 0 Å². The molecule has 1 rings (SSSR count). The molecule has 1 aromatic carbocycles. The van der Waals surface area contributed by atoms with Crippen molar-refractivity contribution in [3.05, 3.63) is 28.3 Å². The molecule has 0 saturated heterocycles. The molecule has 0 spiro atoms. The number of rotatable bonds is 7. The van der Waals surface area contributed by atoms with Gasteiger partial charge in [0.05, 0.1) is 28.4 Å². The number of nitrogens with two attached hydrogens (primary N) is 1. The molecule has 4 N–H and O–H groups in total. The number of carbonyl (C=O) groups is 1. The summed E-state index contributed by atoms with van der Waals surface area (Å²) in [7, 11) is 1.23. The number of nitrogens with zero attached hydrogens (tertiary/aromatic N) is 3. The zero-order valence-corrected chi connectivity index (χ0v) is 12.7. The van der Waals surface area contributed by atoms with Crippen LogP contribution in [0.1, 0.15) is 0 Å². The number of thioether (sulfide) groups is 1. The van der Waals surface area contributed by atoms with Crippen LogP contribution in [0.25, 0.3) is 0 Å². The van der Waals surface area contributed by atoms with Crippen molar-refractivity contribution in [1.29, 1.82) is 10.7 Å². The molecule has 0 atom stereocenters. The number of nitro benzene ring substituents is 1. The van der Waals surface area contributed by atoms with Gasteiger partial charge in [0.15, 0.2) is 5.84 Å². The van der Waals surface area contributed by atoms with Gasteiger partial charge in [-0.3, -0.25) is 25.7 Å². The molecule has 0 aliphatic heterocycles. The molecular weight excluding hydrogens is 324 g/mol. The molecule has 0 aromatic heterocycles. The van der Waals surface area contributed by atoms with Crippen LogP contribution in [0.2, 0.25) is 0 Å². The molecule has 1 aromatic rings. The van der Waals surface area contributed by atoms with Crippen LogP contribution in [0.4, 0.5) is 11.4 Å². The molecule has 0 heterocycles. The van der Waals surface area contributed by atoms with Gasteiger partial charge in [0, 0.05) is 6.07 Å². The minimum atomic E-state index is -0.606. The molecule has 23 heavy (non-hydrogen) atoms. The minimum absolute atomic E-state index is 0.0643. The maximum absolute atomic E-state index is 11.1. The van der Waals surface area contributed by atoms with Crippen molar-refractivity contribution < 1.29 is 14.5 Å². The van der Waals surface area contributed by atoms with E-state index in [-0.39, 0.29) is 27.7 Å². The Kier molecular flexibility index (Phi) is 6.50. The Morgan fingerprint density at radius 3 is 2.87 bits per heavy atom. The molecule has 0 radical (unpaired) electrons. The van der Waals surface area contributed by atoms with E-state index in [9.17, 15) is 14.9 Å². The quantitative estimate of drug-likeness (QED) is 0.166. The van der Waals surface area contributed by atoms with E-state index in [2.05, 4.69) is 15.3 Å². The first-order valence-electron chi connectivity index (χ1n) is 5.95. The molecule has 0 fully saturated rings. The fourth-order valence-corrected chi connectivity index (χ4v) is 2.15. The molecule has 0 saturated carbocycles. The van der Waals surface area contributed by atoms with Crippen LogP contribution in [0.15, 0.2) is 28.2 Å². The van der Waals surface area contributed by atoms with Crippen molar-refractivity contribution in [2.24, 2.45) is 10.8 Å². The lowest BCUT2D eigenvalue weighted by atomic mass is 10.3. The van der Waals surface area contributed by atoms with Crippen molar-refractivity contribution in [2.45, 2.75) is 4.90 Å². The molecule has 0 aliphatic carbocycles. The van der Waals surface area contributed by atoms with Gasteiger partial charge in [-0.2, -0.15) is 10.4 Å². The van der Waals surface area contributed by atoms with Gasteiger partial charge in [0.25, 0.3) is 5.69 Å². The van der Waals surface area contributed by atoms with E-state index in [4.69, 9.17) is 16.4 Å². The zero-order chi connectivity index (χ0) is 17.4. The number of hydrazone groups is 1. The Balaban J connectivity index is 3.00. The Hall–Kier alpha value is -3.13. The summed E-state index contributed by atoms with van der Waals surface area (Å²) >= 11 is 0.964. The smallest absolute Gasteiger partial charge is 0.315 e. The van der Waals surface area contributed by atoms with Gasteiger partial charge in [0.2, 0.25) is 5.71 Å². The molecule has 10 nitrogen and oxygen atoms in total. The van der Waals surface area contributed by atoms with Crippen molar-refractivity contribution in [3.63, 3.8) is 0 Å². The Morgan fingerprint density at radius 1 is 1.65 bits per heavy atom. The maximum atomic E-state index is 11.1. The van der Waals surface area contributed by atoms with E-state index < -0.39 is 16.7 Å². The lowest BCUT2D eigenvalue weighted by molar-refractivity contribution is -0.387. The van der Waals surface area contributed by atoms with Gasteiger partial charge in [0.1, 0.15) is 6.07 Å². The summed E-state index contributed by atoms with van der Waals surface area (Å²) in [5, 5.41) is 30.5. The third kappa shape index (κ3) is 5.29. The molecule has 0 amide bonds.